The fourth-order valence-electron chi connectivity index (χ4n) is 2.18. The molecule has 0 aliphatic carbocycles. The Labute approximate surface area is 144 Å². The standard InChI is InChI=1S/C17H17Cl2FN2O/c1-10(13-8-16(20)15(19)9-14(13)18)21-11(2)17(23)22-12-6-4-3-5-7-12/h3-11,21H,1-2H3,(H,22,23)/t10-,11-/m0/s1. The SMILES string of the molecule is C[C@H](N[C@@H](C)c1cc(F)c(Cl)cc1Cl)C(=O)Nc1ccccc1. The van der Waals surface area contributed by atoms with E-state index in [1.54, 1.807) is 26.0 Å². The van der Waals surface area contributed by atoms with Crippen LogP contribution in [0.25, 0.3) is 0 Å². The number of hydrogen-bond donors (Lipinski definition) is 2. The van der Waals surface area contributed by atoms with Crippen LogP contribution in [-0.2, 0) is 4.79 Å². The zero-order valence-corrected chi connectivity index (χ0v) is 14.3. The normalized spacial score (nSPS) is 13.4. The van der Waals surface area contributed by atoms with Crippen molar-refractivity contribution in [2.45, 2.75) is 25.9 Å². The van der Waals surface area contributed by atoms with Crippen LogP contribution in [0.1, 0.15) is 25.5 Å². The van der Waals surface area contributed by atoms with Crippen LogP contribution in [-0.4, -0.2) is 11.9 Å². The van der Waals surface area contributed by atoms with Gasteiger partial charge in [-0.1, -0.05) is 41.4 Å². The van der Waals surface area contributed by atoms with Gasteiger partial charge in [0.15, 0.2) is 0 Å². The summed E-state index contributed by atoms with van der Waals surface area (Å²) in [6, 6.07) is 11.0. The molecule has 2 aromatic carbocycles. The number of nitrogens with one attached hydrogen (secondary N) is 2. The molecule has 0 radical (unpaired) electrons. The molecule has 1 amide bonds. The minimum absolute atomic E-state index is 0.0270. The van der Waals surface area contributed by atoms with Crippen molar-refractivity contribution in [3.63, 3.8) is 0 Å². The van der Waals surface area contributed by atoms with Crippen molar-refractivity contribution in [2.24, 2.45) is 0 Å². The van der Waals surface area contributed by atoms with Gasteiger partial charge in [-0.2, -0.15) is 0 Å². The highest BCUT2D eigenvalue weighted by atomic mass is 35.5. The van der Waals surface area contributed by atoms with Crippen molar-refractivity contribution >= 4 is 34.8 Å². The zero-order valence-electron chi connectivity index (χ0n) is 12.7. The monoisotopic (exact) mass is 354 g/mol. The predicted octanol–water partition coefficient (Wildman–Crippen LogP) is 4.81. The summed E-state index contributed by atoms with van der Waals surface area (Å²) in [7, 11) is 0. The van der Waals surface area contributed by atoms with E-state index in [1.165, 1.54) is 12.1 Å². The highest BCUT2D eigenvalue weighted by molar-refractivity contribution is 6.35. The molecule has 0 spiro atoms. The number of rotatable bonds is 5. The largest absolute Gasteiger partial charge is 0.325 e. The van der Waals surface area contributed by atoms with E-state index < -0.39 is 11.9 Å². The van der Waals surface area contributed by atoms with E-state index in [9.17, 15) is 9.18 Å². The molecular formula is C17H17Cl2FN2O. The second-order valence-electron chi connectivity index (χ2n) is 5.25. The van der Waals surface area contributed by atoms with Gasteiger partial charge in [-0.3, -0.25) is 10.1 Å². The third-order valence-corrected chi connectivity index (χ3v) is 4.06. The molecule has 6 heteroatoms. The second kappa shape index (κ2) is 7.77. The number of anilines is 1. The van der Waals surface area contributed by atoms with Crippen molar-refractivity contribution in [1.29, 1.82) is 0 Å². The molecule has 3 nitrogen and oxygen atoms in total. The highest BCUT2D eigenvalue weighted by Crippen LogP contribution is 2.28. The number of halogens is 3. The molecule has 122 valence electrons. The molecule has 0 unspecified atom stereocenters. The van der Waals surface area contributed by atoms with Gasteiger partial charge in [-0.25, -0.2) is 4.39 Å². The van der Waals surface area contributed by atoms with Crippen LogP contribution < -0.4 is 10.6 Å². The fraction of sp³-hybridized carbons (Fsp3) is 0.235. The molecule has 0 aliphatic heterocycles. The van der Waals surface area contributed by atoms with E-state index in [2.05, 4.69) is 10.6 Å². The molecule has 2 rings (SSSR count). The minimum Gasteiger partial charge on any atom is -0.325 e. The van der Waals surface area contributed by atoms with Crippen molar-refractivity contribution in [2.75, 3.05) is 5.32 Å². The van der Waals surface area contributed by atoms with Gasteiger partial charge in [0, 0.05) is 16.8 Å². The molecule has 2 atom stereocenters. The molecule has 2 aromatic rings. The maximum atomic E-state index is 13.6. The van der Waals surface area contributed by atoms with Gasteiger partial charge in [0.25, 0.3) is 0 Å². The van der Waals surface area contributed by atoms with Crippen molar-refractivity contribution in [3.05, 3.63) is 63.9 Å². The maximum absolute atomic E-state index is 13.6. The summed E-state index contributed by atoms with van der Waals surface area (Å²) in [5, 5.41) is 6.23. The van der Waals surface area contributed by atoms with Crippen LogP contribution in [0.15, 0.2) is 42.5 Å². The van der Waals surface area contributed by atoms with Crippen molar-refractivity contribution in [1.82, 2.24) is 5.32 Å². The Morgan fingerprint density at radius 3 is 2.39 bits per heavy atom. The second-order valence-corrected chi connectivity index (χ2v) is 6.07. The summed E-state index contributed by atoms with van der Waals surface area (Å²) in [4.78, 5) is 12.2. The van der Waals surface area contributed by atoms with Crippen LogP contribution in [0.4, 0.5) is 10.1 Å². The molecular weight excluding hydrogens is 338 g/mol. The van der Waals surface area contributed by atoms with Crippen LogP contribution in [0.2, 0.25) is 10.0 Å². The number of hydrogen-bond acceptors (Lipinski definition) is 2. The number of para-hydroxylation sites is 1. The van der Waals surface area contributed by atoms with E-state index in [0.717, 1.165) is 5.69 Å². The summed E-state index contributed by atoms with van der Waals surface area (Å²) >= 11 is 11.8. The fourth-order valence-corrected chi connectivity index (χ4v) is 2.73. The maximum Gasteiger partial charge on any atom is 0.241 e. The van der Waals surface area contributed by atoms with Crippen LogP contribution in [0.5, 0.6) is 0 Å². The Morgan fingerprint density at radius 2 is 1.74 bits per heavy atom. The van der Waals surface area contributed by atoms with Gasteiger partial charge in [0.1, 0.15) is 5.82 Å². The molecule has 0 bridgehead atoms. The molecule has 0 saturated heterocycles. The van der Waals surface area contributed by atoms with Gasteiger partial charge < -0.3 is 5.32 Å². The molecule has 0 fully saturated rings. The summed E-state index contributed by atoms with van der Waals surface area (Å²) in [6.45, 7) is 3.54. The first-order chi connectivity index (χ1) is 10.9. The van der Waals surface area contributed by atoms with Gasteiger partial charge >= 0.3 is 0 Å². The lowest BCUT2D eigenvalue weighted by Crippen LogP contribution is -2.39. The number of carbonyl (C=O) groups is 1. The van der Waals surface area contributed by atoms with Crippen LogP contribution >= 0.6 is 23.2 Å². The molecule has 23 heavy (non-hydrogen) atoms. The zero-order chi connectivity index (χ0) is 17.0. The van der Waals surface area contributed by atoms with Gasteiger partial charge in [-0.15, -0.1) is 0 Å². The Morgan fingerprint density at radius 1 is 1.09 bits per heavy atom. The van der Waals surface area contributed by atoms with E-state index in [4.69, 9.17) is 23.2 Å². The van der Waals surface area contributed by atoms with Gasteiger partial charge in [-0.05, 0) is 43.7 Å². The average Bonchev–Trinajstić information content (AvgIpc) is 2.51. The Balaban J connectivity index is 2.03. The predicted molar refractivity (Wildman–Crippen MR) is 92.5 cm³/mol. The third kappa shape index (κ3) is 4.67. The van der Waals surface area contributed by atoms with E-state index in [-0.39, 0.29) is 17.0 Å². The third-order valence-electron chi connectivity index (χ3n) is 3.44. The van der Waals surface area contributed by atoms with E-state index in [0.29, 0.717) is 10.6 Å². The highest BCUT2D eigenvalue weighted by Gasteiger charge is 2.19. The molecule has 0 aliphatic rings. The van der Waals surface area contributed by atoms with E-state index in [1.807, 2.05) is 18.2 Å². The molecule has 2 N–H and O–H groups in total. The smallest absolute Gasteiger partial charge is 0.241 e. The molecule has 0 heterocycles. The van der Waals surface area contributed by atoms with Crippen LogP contribution in [0, 0.1) is 5.82 Å². The van der Waals surface area contributed by atoms with Gasteiger partial charge in [0.05, 0.1) is 11.1 Å². The summed E-state index contributed by atoms with van der Waals surface area (Å²) in [5.74, 6) is -0.727. The topological polar surface area (TPSA) is 41.1 Å². The van der Waals surface area contributed by atoms with Crippen molar-refractivity contribution < 1.29 is 9.18 Å². The van der Waals surface area contributed by atoms with E-state index >= 15 is 0 Å². The summed E-state index contributed by atoms with van der Waals surface area (Å²) in [5.41, 5.74) is 1.27. The first-order valence-electron chi connectivity index (χ1n) is 7.15. The Kier molecular flexibility index (Phi) is 5.99. The summed E-state index contributed by atoms with van der Waals surface area (Å²) in [6.07, 6.45) is 0. The minimum atomic E-state index is -0.541. The number of carbonyl (C=O) groups excluding carboxylic acids is 1. The lowest BCUT2D eigenvalue weighted by Gasteiger charge is -2.21. The lowest BCUT2D eigenvalue weighted by molar-refractivity contribution is -0.117. The van der Waals surface area contributed by atoms with Gasteiger partial charge in [0.2, 0.25) is 5.91 Å². The molecule has 0 saturated carbocycles. The Hall–Kier alpha value is -1.62. The summed E-state index contributed by atoms with van der Waals surface area (Å²) < 4.78 is 13.6. The lowest BCUT2D eigenvalue weighted by atomic mass is 10.1. The first-order valence-corrected chi connectivity index (χ1v) is 7.90. The van der Waals surface area contributed by atoms with Crippen molar-refractivity contribution in [3.8, 4) is 0 Å². The Bertz CT molecular complexity index is 694. The average molecular weight is 355 g/mol. The van der Waals surface area contributed by atoms with Crippen LogP contribution in [0.3, 0.4) is 0 Å². The first kappa shape index (κ1) is 17.7. The number of amides is 1. The number of benzene rings is 2. The molecule has 0 aromatic heterocycles. The quantitative estimate of drug-likeness (QED) is 0.756.